The normalized spacial score (nSPS) is 11.9. The first-order chi connectivity index (χ1) is 9.15. The van der Waals surface area contributed by atoms with Gasteiger partial charge in [-0.3, -0.25) is 4.79 Å². The van der Waals surface area contributed by atoms with Gasteiger partial charge < -0.3 is 10.2 Å². The number of rotatable bonds is 8. The summed E-state index contributed by atoms with van der Waals surface area (Å²) in [5.41, 5.74) is 1.22. The van der Waals surface area contributed by atoms with E-state index in [1.807, 2.05) is 25.1 Å². The molecule has 3 nitrogen and oxygen atoms in total. The number of hydrogen-bond acceptors (Lipinski definition) is 2. The Labute approximate surface area is 117 Å². The number of carbonyl (C=O) groups is 1. The highest BCUT2D eigenvalue weighted by Gasteiger charge is 2.10. The van der Waals surface area contributed by atoms with E-state index in [-0.39, 0.29) is 11.8 Å². The molecule has 1 N–H and O–H groups in total. The van der Waals surface area contributed by atoms with Gasteiger partial charge in [-0.25, -0.2) is 0 Å². The summed E-state index contributed by atoms with van der Waals surface area (Å²) in [5.74, 6) is 0.320. The highest BCUT2D eigenvalue weighted by Crippen LogP contribution is 2.10. The lowest BCUT2D eigenvalue weighted by atomic mass is 10.1. The van der Waals surface area contributed by atoms with Crippen molar-refractivity contribution < 1.29 is 4.79 Å². The van der Waals surface area contributed by atoms with Crippen molar-refractivity contribution in [2.24, 2.45) is 5.92 Å². The molecule has 0 aliphatic carbocycles. The fourth-order valence-electron chi connectivity index (χ4n) is 2.08. The van der Waals surface area contributed by atoms with Gasteiger partial charge in [-0.1, -0.05) is 38.5 Å². The third-order valence-electron chi connectivity index (χ3n) is 3.34. The molecule has 106 valence electrons. The van der Waals surface area contributed by atoms with Crippen LogP contribution in [0.25, 0.3) is 0 Å². The first-order valence-electron chi connectivity index (χ1n) is 7.19. The summed E-state index contributed by atoms with van der Waals surface area (Å²) >= 11 is 0. The minimum absolute atomic E-state index is 0.136. The zero-order valence-electron chi connectivity index (χ0n) is 12.4. The molecule has 0 radical (unpaired) electrons. The lowest BCUT2D eigenvalue weighted by molar-refractivity contribution is -0.124. The Morgan fingerprint density at radius 2 is 2.00 bits per heavy atom. The van der Waals surface area contributed by atoms with Crippen molar-refractivity contribution in [1.29, 1.82) is 0 Å². The average molecular weight is 262 g/mol. The number of benzene rings is 1. The van der Waals surface area contributed by atoms with Crippen LogP contribution in [0.1, 0.15) is 33.1 Å². The monoisotopic (exact) mass is 262 g/mol. The van der Waals surface area contributed by atoms with Crippen molar-refractivity contribution in [3.8, 4) is 0 Å². The topological polar surface area (TPSA) is 32.3 Å². The summed E-state index contributed by atoms with van der Waals surface area (Å²) in [6, 6.07) is 10.3. The van der Waals surface area contributed by atoms with Gasteiger partial charge in [0.2, 0.25) is 5.91 Å². The van der Waals surface area contributed by atoms with Crippen LogP contribution in [0, 0.1) is 5.92 Å². The van der Waals surface area contributed by atoms with E-state index >= 15 is 0 Å². The Balaban J connectivity index is 2.19. The van der Waals surface area contributed by atoms with Gasteiger partial charge in [-0.15, -0.1) is 0 Å². The van der Waals surface area contributed by atoms with Gasteiger partial charge in [0.05, 0.1) is 0 Å². The molecule has 1 aromatic carbocycles. The zero-order chi connectivity index (χ0) is 14.1. The van der Waals surface area contributed by atoms with E-state index < -0.39 is 0 Å². The molecule has 3 heteroatoms. The van der Waals surface area contributed by atoms with E-state index in [0.717, 1.165) is 32.4 Å². The van der Waals surface area contributed by atoms with Crippen molar-refractivity contribution in [1.82, 2.24) is 5.32 Å². The lowest BCUT2D eigenvalue weighted by Crippen LogP contribution is -2.31. The van der Waals surface area contributed by atoms with Crippen LogP contribution in [-0.2, 0) is 4.79 Å². The molecule has 0 spiro atoms. The maximum Gasteiger partial charge on any atom is 0.222 e. The fraction of sp³-hybridized carbons (Fsp3) is 0.562. The molecular formula is C16H26N2O. The van der Waals surface area contributed by atoms with Gasteiger partial charge in [-0.05, 0) is 25.0 Å². The van der Waals surface area contributed by atoms with Crippen molar-refractivity contribution >= 4 is 11.6 Å². The highest BCUT2D eigenvalue weighted by atomic mass is 16.1. The van der Waals surface area contributed by atoms with Crippen molar-refractivity contribution in [3.05, 3.63) is 30.3 Å². The predicted octanol–water partition coefficient (Wildman–Crippen LogP) is 3.07. The van der Waals surface area contributed by atoms with Crippen LogP contribution in [-0.4, -0.2) is 26.0 Å². The minimum atomic E-state index is 0.136. The SMILES string of the molecule is CCCC(C)C(=O)NCCCN(C)c1ccccc1. The molecule has 0 aliphatic rings. The van der Waals surface area contributed by atoms with E-state index in [9.17, 15) is 4.79 Å². The molecule has 0 heterocycles. The second kappa shape index (κ2) is 8.57. The van der Waals surface area contributed by atoms with Crippen LogP contribution in [0.5, 0.6) is 0 Å². The molecule has 0 bridgehead atoms. The zero-order valence-corrected chi connectivity index (χ0v) is 12.4. The summed E-state index contributed by atoms with van der Waals surface area (Å²) in [6.45, 7) is 5.81. The fourth-order valence-corrected chi connectivity index (χ4v) is 2.08. The van der Waals surface area contributed by atoms with Crippen LogP contribution < -0.4 is 10.2 Å². The summed E-state index contributed by atoms with van der Waals surface area (Å²) < 4.78 is 0. The van der Waals surface area contributed by atoms with Gasteiger partial charge in [0, 0.05) is 31.7 Å². The quantitative estimate of drug-likeness (QED) is 0.730. The van der Waals surface area contributed by atoms with Crippen LogP contribution in [0.4, 0.5) is 5.69 Å². The Morgan fingerprint density at radius 3 is 2.63 bits per heavy atom. The first kappa shape index (κ1) is 15.5. The second-order valence-electron chi connectivity index (χ2n) is 5.09. The highest BCUT2D eigenvalue weighted by molar-refractivity contribution is 5.78. The molecule has 1 aromatic rings. The lowest BCUT2D eigenvalue weighted by Gasteiger charge is -2.19. The van der Waals surface area contributed by atoms with Gasteiger partial charge in [0.1, 0.15) is 0 Å². The molecule has 1 atom stereocenters. The smallest absolute Gasteiger partial charge is 0.222 e. The number of carbonyl (C=O) groups excluding carboxylic acids is 1. The number of para-hydroxylation sites is 1. The largest absolute Gasteiger partial charge is 0.375 e. The molecule has 1 unspecified atom stereocenters. The van der Waals surface area contributed by atoms with Crippen molar-refractivity contribution in [3.63, 3.8) is 0 Å². The number of hydrogen-bond donors (Lipinski definition) is 1. The molecular weight excluding hydrogens is 236 g/mol. The van der Waals surface area contributed by atoms with Crippen LogP contribution >= 0.6 is 0 Å². The van der Waals surface area contributed by atoms with Gasteiger partial charge in [0.15, 0.2) is 0 Å². The predicted molar refractivity (Wildman–Crippen MR) is 81.4 cm³/mol. The molecule has 1 rings (SSSR count). The minimum Gasteiger partial charge on any atom is -0.375 e. The maximum atomic E-state index is 11.7. The van der Waals surface area contributed by atoms with Gasteiger partial charge in [0.25, 0.3) is 0 Å². The Kier molecular flexibility index (Phi) is 7.01. The molecule has 0 aliphatic heterocycles. The summed E-state index contributed by atoms with van der Waals surface area (Å²) in [4.78, 5) is 13.9. The van der Waals surface area contributed by atoms with Gasteiger partial charge >= 0.3 is 0 Å². The molecule has 1 amide bonds. The molecule has 0 aromatic heterocycles. The van der Waals surface area contributed by atoms with Crippen molar-refractivity contribution in [2.45, 2.75) is 33.1 Å². The van der Waals surface area contributed by atoms with Crippen LogP contribution in [0.2, 0.25) is 0 Å². The number of nitrogens with one attached hydrogen (secondary N) is 1. The number of anilines is 1. The number of nitrogens with zero attached hydrogens (tertiary/aromatic N) is 1. The molecule has 0 saturated carbocycles. The maximum absolute atomic E-state index is 11.7. The second-order valence-corrected chi connectivity index (χ2v) is 5.09. The molecule has 19 heavy (non-hydrogen) atoms. The van der Waals surface area contributed by atoms with E-state index in [0.29, 0.717) is 0 Å². The van der Waals surface area contributed by atoms with Crippen LogP contribution in [0.3, 0.4) is 0 Å². The van der Waals surface area contributed by atoms with E-state index in [1.54, 1.807) is 0 Å². The first-order valence-corrected chi connectivity index (χ1v) is 7.19. The van der Waals surface area contributed by atoms with E-state index in [1.165, 1.54) is 5.69 Å². The van der Waals surface area contributed by atoms with E-state index in [2.05, 4.69) is 36.3 Å². The summed E-state index contributed by atoms with van der Waals surface area (Å²) in [6.07, 6.45) is 3.00. The van der Waals surface area contributed by atoms with E-state index in [4.69, 9.17) is 0 Å². The van der Waals surface area contributed by atoms with Gasteiger partial charge in [-0.2, -0.15) is 0 Å². The summed E-state index contributed by atoms with van der Waals surface area (Å²) in [7, 11) is 2.08. The molecule has 0 fully saturated rings. The summed E-state index contributed by atoms with van der Waals surface area (Å²) in [5, 5.41) is 3.01. The molecule has 0 saturated heterocycles. The standard InChI is InChI=1S/C16H26N2O/c1-4-9-14(2)16(19)17-12-8-13-18(3)15-10-6-5-7-11-15/h5-7,10-11,14H,4,8-9,12-13H2,1-3H3,(H,17,19). The van der Waals surface area contributed by atoms with Crippen LogP contribution in [0.15, 0.2) is 30.3 Å². The van der Waals surface area contributed by atoms with Crippen molar-refractivity contribution in [2.75, 3.05) is 25.0 Å². The number of amides is 1. The third kappa shape index (κ3) is 5.77. The average Bonchev–Trinajstić information content (AvgIpc) is 2.44. The Bertz CT molecular complexity index is 364. The Morgan fingerprint density at radius 1 is 1.32 bits per heavy atom. The Hall–Kier alpha value is -1.51. The third-order valence-corrected chi connectivity index (χ3v) is 3.34.